The van der Waals surface area contributed by atoms with Gasteiger partial charge in [-0.2, -0.15) is 0 Å². The molecular weight excluding hydrogens is 333 g/mol. The minimum atomic E-state index is -0.484. The molecule has 5 nitrogen and oxygen atoms in total. The summed E-state index contributed by atoms with van der Waals surface area (Å²) in [6, 6.07) is 3.56. The average Bonchev–Trinajstić information content (AvgIpc) is 2.83. The van der Waals surface area contributed by atoms with Crippen molar-refractivity contribution in [2.24, 2.45) is 0 Å². The number of imidazole rings is 1. The molecule has 3 rings (SSSR count). The zero-order valence-electron chi connectivity index (χ0n) is 14.3. The lowest BCUT2D eigenvalue weighted by atomic mass is 9.80. The molecule has 7 heteroatoms. The Hall–Kier alpha value is -1.18. The van der Waals surface area contributed by atoms with Crippen molar-refractivity contribution in [2.45, 2.75) is 38.9 Å². The second-order valence-corrected chi connectivity index (χ2v) is 6.74. The second-order valence-electron chi connectivity index (χ2n) is 5.99. The van der Waals surface area contributed by atoms with E-state index in [9.17, 15) is 0 Å². The number of hydrogen-bond acceptors (Lipinski definition) is 4. The highest BCUT2D eigenvalue weighted by Gasteiger charge is 2.51. The summed E-state index contributed by atoms with van der Waals surface area (Å²) >= 11 is 3.15. The molecule has 0 radical (unpaired) electrons. The van der Waals surface area contributed by atoms with E-state index in [1.54, 1.807) is 12.3 Å². The largest absolute Gasteiger partial charge is 0.496 e. The normalized spacial score (nSPS) is 21.3. The monoisotopic (exact) mass is 351 g/mol. The van der Waals surface area contributed by atoms with Gasteiger partial charge >= 0.3 is 7.12 Å². The summed E-state index contributed by atoms with van der Waals surface area (Å²) in [4.78, 5) is 8.22. The Bertz CT molecular complexity index is 733. The van der Waals surface area contributed by atoms with Crippen LogP contribution in [0.2, 0.25) is 0 Å². The quantitative estimate of drug-likeness (QED) is 0.779. The standard InChI is InChI=1S/C14H17BBrN3O2/c1-13(2)14(3,4)21-15(20-13)10-5-6-12(17-7-10)19-8-11(16)18-9-19/h5-9H,1-4H3/i8D,9D. The second kappa shape index (κ2) is 4.93. The summed E-state index contributed by atoms with van der Waals surface area (Å²) in [6.45, 7) is 7.99. The van der Waals surface area contributed by atoms with Gasteiger partial charge in [-0.25, -0.2) is 9.97 Å². The van der Waals surface area contributed by atoms with Gasteiger partial charge in [-0.05, 0) is 49.7 Å². The number of rotatable bonds is 2. The number of pyridine rings is 1. The zero-order chi connectivity index (χ0) is 17.0. The Morgan fingerprint density at radius 2 is 1.86 bits per heavy atom. The summed E-state index contributed by atoms with van der Waals surface area (Å²) in [5, 5.41) is 0. The molecule has 21 heavy (non-hydrogen) atoms. The van der Waals surface area contributed by atoms with Gasteiger partial charge in [-0.1, -0.05) is 6.07 Å². The van der Waals surface area contributed by atoms with Crippen LogP contribution in [-0.4, -0.2) is 32.9 Å². The molecule has 0 N–H and O–H groups in total. The van der Waals surface area contributed by atoms with Crippen LogP contribution in [0.4, 0.5) is 0 Å². The predicted molar refractivity (Wildman–Crippen MR) is 84.8 cm³/mol. The minimum Gasteiger partial charge on any atom is -0.399 e. The van der Waals surface area contributed by atoms with E-state index < -0.39 is 18.3 Å². The topological polar surface area (TPSA) is 49.2 Å². The van der Waals surface area contributed by atoms with Crippen molar-refractivity contribution in [1.29, 1.82) is 0 Å². The molecule has 0 saturated carbocycles. The molecule has 1 aliphatic heterocycles. The van der Waals surface area contributed by atoms with E-state index in [1.807, 2.05) is 33.8 Å². The van der Waals surface area contributed by atoms with E-state index in [0.717, 1.165) is 5.46 Å². The SMILES string of the molecule is [2H]c1nc(Br)c([2H])n1-c1ccc(B2OC(C)(C)C(C)(C)O2)cn1. The van der Waals surface area contributed by atoms with Gasteiger partial charge in [-0.15, -0.1) is 0 Å². The smallest absolute Gasteiger partial charge is 0.399 e. The lowest BCUT2D eigenvalue weighted by molar-refractivity contribution is 0.00578. The fourth-order valence-electron chi connectivity index (χ4n) is 1.99. The third-order valence-corrected chi connectivity index (χ3v) is 4.33. The van der Waals surface area contributed by atoms with Crippen molar-refractivity contribution in [2.75, 3.05) is 0 Å². The summed E-state index contributed by atoms with van der Waals surface area (Å²) in [6.07, 6.45) is 1.69. The Kier molecular flexibility index (Phi) is 2.91. The summed E-state index contributed by atoms with van der Waals surface area (Å²) in [5.74, 6) is 0.457. The fourth-order valence-corrected chi connectivity index (χ4v) is 2.25. The van der Waals surface area contributed by atoms with Crippen LogP contribution in [-0.2, 0) is 9.31 Å². The maximum atomic E-state index is 7.92. The van der Waals surface area contributed by atoms with Crippen molar-refractivity contribution < 1.29 is 12.1 Å². The van der Waals surface area contributed by atoms with Crippen molar-refractivity contribution >= 4 is 28.5 Å². The maximum absolute atomic E-state index is 7.92. The highest BCUT2D eigenvalue weighted by atomic mass is 79.9. The van der Waals surface area contributed by atoms with Gasteiger partial charge in [0.15, 0.2) is 0 Å². The van der Waals surface area contributed by atoms with Gasteiger partial charge in [-0.3, -0.25) is 4.57 Å². The molecule has 2 aromatic heterocycles. The lowest BCUT2D eigenvalue weighted by Gasteiger charge is -2.32. The van der Waals surface area contributed by atoms with Crippen LogP contribution in [0.1, 0.15) is 30.4 Å². The Morgan fingerprint density at radius 3 is 2.33 bits per heavy atom. The van der Waals surface area contributed by atoms with E-state index >= 15 is 0 Å². The van der Waals surface area contributed by atoms with Crippen molar-refractivity contribution in [3.05, 3.63) is 35.4 Å². The third kappa shape index (κ3) is 2.65. The van der Waals surface area contributed by atoms with Crippen LogP contribution in [0.3, 0.4) is 0 Å². The summed E-state index contributed by atoms with van der Waals surface area (Å²) in [5.41, 5.74) is -0.0210. The highest BCUT2D eigenvalue weighted by Crippen LogP contribution is 2.36. The first kappa shape index (κ1) is 12.4. The minimum absolute atomic E-state index is 0.0437. The zero-order valence-corrected chi connectivity index (χ0v) is 13.9. The van der Waals surface area contributed by atoms with Gasteiger partial charge in [0.05, 0.1) is 12.6 Å². The number of nitrogens with zero attached hydrogens (tertiary/aromatic N) is 3. The molecular formula is C14H17BBrN3O2. The number of aromatic nitrogens is 3. The first-order valence-electron chi connectivity index (χ1n) is 7.66. The van der Waals surface area contributed by atoms with E-state index in [-0.39, 0.29) is 12.5 Å². The first-order valence-corrected chi connectivity index (χ1v) is 7.45. The van der Waals surface area contributed by atoms with Crippen molar-refractivity contribution in [1.82, 2.24) is 14.5 Å². The van der Waals surface area contributed by atoms with Crippen LogP contribution in [0.25, 0.3) is 5.82 Å². The Morgan fingerprint density at radius 1 is 1.19 bits per heavy atom. The number of halogens is 1. The van der Waals surface area contributed by atoms with Gasteiger partial charge < -0.3 is 9.31 Å². The Balaban J connectivity index is 1.89. The summed E-state index contributed by atoms with van der Waals surface area (Å²) in [7, 11) is -0.484. The van der Waals surface area contributed by atoms with Gasteiger partial charge in [0.1, 0.15) is 18.1 Å². The number of hydrogen-bond donors (Lipinski definition) is 0. The molecule has 2 aromatic rings. The van der Waals surface area contributed by atoms with Crippen LogP contribution in [0, 0.1) is 0 Å². The highest BCUT2D eigenvalue weighted by molar-refractivity contribution is 9.10. The molecule has 3 heterocycles. The van der Waals surface area contributed by atoms with Gasteiger partial charge in [0.2, 0.25) is 0 Å². The third-order valence-electron chi connectivity index (χ3n) is 3.98. The van der Waals surface area contributed by atoms with E-state index in [4.69, 9.17) is 12.1 Å². The molecule has 0 unspecified atom stereocenters. The summed E-state index contributed by atoms with van der Waals surface area (Å²) < 4.78 is 29.4. The molecule has 0 bridgehead atoms. The molecule has 1 aliphatic rings. The first-order chi connectivity index (χ1) is 10.6. The lowest BCUT2D eigenvalue weighted by Crippen LogP contribution is -2.41. The molecule has 110 valence electrons. The molecule has 0 atom stereocenters. The maximum Gasteiger partial charge on any atom is 0.496 e. The molecule has 0 amide bonds. The van der Waals surface area contributed by atoms with Gasteiger partial charge in [0, 0.05) is 17.8 Å². The van der Waals surface area contributed by atoms with Crippen molar-refractivity contribution in [3.8, 4) is 5.82 Å². The predicted octanol–water partition coefficient (Wildman–Crippen LogP) is 2.33. The van der Waals surface area contributed by atoms with E-state index in [1.165, 1.54) is 4.57 Å². The molecule has 1 fully saturated rings. The van der Waals surface area contributed by atoms with Crippen LogP contribution in [0.5, 0.6) is 0 Å². The molecule has 0 spiro atoms. The van der Waals surface area contributed by atoms with Crippen molar-refractivity contribution in [3.63, 3.8) is 0 Å². The van der Waals surface area contributed by atoms with Crippen LogP contribution < -0.4 is 5.46 Å². The molecule has 0 aromatic carbocycles. The van der Waals surface area contributed by atoms with Gasteiger partial charge in [0.25, 0.3) is 0 Å². The molecule has 1 saturated heterocycles. The van der Waals surface area contributed by atoms with E-state index in [2.05, 4.69) is 25.9 Å². The average molecular weight is 352 g/mol. The fraction of sp³-hybridized carbons (Fsp3) is 0.429. The van der Waals surface area contributed by atoms with E-state index in [0.29, 0.717) is 10.4 Å². The molecule has 0 aliphatic carbocycles. The van der Waals surface area contributed by atoms with Crippen LogP contribution >= 0.6 is 15.9 Å². The Labute approximate surface area is 135 Å². The van der Waals surface area contributed by atoms with Crippen LogP contribution in [0.15, 0.2) is 35.4 Å².